The summed E-state index contributed by atoms with van der Waals surface area (Å²) in [5, 5.41) is 9.21. The van der Waals surface area contributed by atoms with Crippen molar-refractivity contribution in [1.29, 1.82) is 0 Å². The Bertz CT molecular complexity index is 571. The summed E-state index contributed by atoms with van der Waals surface area (Å²) in [7, 11) is 0. The third kappa shape index (κ3) is 2.54. The molecule has 1 heterocycles. The van der Waals surface area contributed by atoms with Gasteiger partial charge in [0, 0.05) is 0 Å². The number of hydrogen-bond donors (Lipinski definition) is 3. The van der Waals surface area contributed by atoms with Crippen LogP contribution in [0.25, 0.3) is 0 Å². The molecule has 3 N–H and O–H groups in total. The van der Waals surface area contributed by atoms with Gasteiger partial charge in [0.15, 0.2) is 5.69 Å². The van der Waals surface area contributed by atoms with Crippen molar-refractivity contribution < 1.29 is 14.6 Å². The molecule has 2 rings (SSSR count). The summed E-state index contributed by atoms with van der Waals surface area (Å²) in [5.74, 6) is -1.31. The van der Waals surface area contributed by atoms with Crippen LogP contribution in [0, 0.1) is 0 Å². The van der Waals surface area contributed by atoms with Crippen molar-refractivity contribution in [3.8, 4) is 5.88 Å². The molecule has 0 aliphatic heterocycles. The van der Waals surface area contributed by atoms with E-state index in [9.17, 15) is 14.7 Å². The summed E-state index contributed by atoms with van der Waals surface area (Å²) in [4.78, 5) is 26.5. The lowest BCUT2D eigenvalue weighted by molar-refractivity contribution is 0.0462. The molecule has 0 unspecified atom stereocenters. The first-order chi connectivity index (χ1) is 8.16. The van der Waals surface area contributed by atoms with E-state index in [1.807, 2.05) is 23.2 Å². The van der Waals surface area contributed by atoms with Gasteiger partial charge in [0.2, 0.25) is 5.88 Å². The number of esters is 1. The first-order valence-electron chi connectivity index (χ1n) is 4.89. The van der Waals surface area contributed by atoms with Gasteiger partial charge in [-0.2, -0.15) is 0 Å². The van der Waals surface area contributed by atoms with Crippen molar-refractivity contribution >= 4 is 5.97 Å². The fraction of sp³-hybridized carbons (Fsp3) is 0.0909. The summed E-state index contributed by atoms with van der Waals surface area (Å²) in [6.45, 7) is 0.0757. The molecule has 0 atom stereocenters. The number of aromatic hydroxyl groups is 1. The first kappa shape index (κ1) is 11.0. The van der Waals surface area contributed by atoms with E-state index in [4.69, 9.17) is 4.74 Å². The Morgan fingerprint density at radius 3 is 2.53 bits per heavy atom. The van der Waals surface area contributed by atoms with E-state index >= 15 is 0 Å². The molecular weight excluding hydrogens is 224 g/mol. The van der Waals surface area contributed by atoms with Gasteiger partial charge in [0.1, 0.15) is 6.61 Å². The summed E-state index contributed by atoms with van der Waals surface area (Å²) in [6.07, 6.45) is 0. The Labute approximate surface area is 95.9 Å². The van der Waals surface area contributed by atoms with Gasteiger partial charge in [-0.1, -0.05) is 30.3 Å². The monoisotopic (exact) mass is 234 g/mol. The Morgan fingerprint density at radius 1 is 1.24 bits per heavy atom. The van der Waals surface area contributed by atoms with Gasteiger partial charge in [-0.3, -0.25) is 9.97 Å². The summed E-state index contributed by atoms with van der Waals surface area (Å²) < 4.78 is 4.92. The molecule has 0 aliphatic carbocycles. The van der Waals surface area contributed by atoms with E-state index in [0.717, 1.165) is 5.56 Å². The molecule has 6 heteroatoms. The van der Waals surface area contributed by atoms with E-state index in [2.05, 4.69) is 4.98 Å². The van der Waals surface area contributed by atoms with Crippen LogP contribution in [-0.4, -0.2) is 21.0 Å². The lowest BCUT2D eigenvalue weighted by Crippen LogP contribution is -2.08. The Hall–Kier alpha value is -2.50. The maximum Gasteiger partial charge on any atom is 0.360 e. The number of hydrogen-bond acceptors (Lipinski definition) is 4. The molecule has 6 nitrogen and oxygen atoms in total. The van der Waals surface area contributed by atoms with E-state index < -0.39 is 17.5 Å². The third-order valence-corrected chi connectivity index (χ3v) is 2.12. The average molecular weight is 234 g/mol. The molecule has 0 fully saturated rings. The van der Waals surface area contributed by atoms with Crippen molar-refractivity contribution in [3.63, 3.8) is 0 Å². The van der Waals surface area contributed by atoms with E-state index in [0.29, 0.717) is 0 Å². The smallest absolute Gasteiger partial charge is 0.360 e. The zero-order valence-electron chi connectivity index (χ0n) is 8.77. The van der Waals surface area contributed by atoms with E-state index in [-0.39, 0.29) is 12.3 Å². The highest BCUT2D eigenvalue weighted by Gasteiger charge is 2.16. The second-order valence-corrected chi connectivity index (χ2v) is 3.36. The van der Waals surface area contributed by atoms with Crippen LogP contribution in [0.4, 0.5) is 0 Å². The molecule has 0 radical (unpaired) electrons. The number of nitrogens with one attached hydrogen (secondary N) is 2. The minimum absolute atomic E-state index is 0.0757. The average Bonchev–Trinajstić information content (AvgIpc) is 2.67. The van der Waals surface area contributed by atoms with Crippen molar-refractivity contribution in [1.82, 2.24) is 9.97 Å². The molecule has 0 saturated carbocycles. The maximum atomic E-state index is 11.5. The molecule has 0 saturated heterocycles. The second kappa shape index (κ2) is 4.56. The number of aromatic amines is 2. The number of rotatable bonds is 3. The highest BCUT2D eigenvalue weighted by Crippen LogP contribution is 2.10. The molecule has 88 valence electrons. The number of aromatic nitrogens is 2. The zero-order chi connectivity index (χ0) is 12.3. The predicted molar refractivity (Wildman–Crippen MR) is 58.6 cm³/mol. The van der Waals surface area contributed by atoms with Crippen LogP contribution in [0.5, 0.6) is 5.88 Å². The quantitative estimate of drug-likeness (QED) is 0.683. The third-order valence-electron chi connectivity index (χ3n) is 2.12. The van der Waals surface area contributed by atoms with Gasteiger partial charge in [0.05, 0.1) is 0 Å². The van der Waals surface area contributed by atoms with Crippen molar-refractivity contribution in [2.75, 3.05) is 0 Å². The summed E-state index contributed by atoms with van der Waals surface area (Å²) in [5.41, 5.74) is -0.113. The number of carbonyl (C=O) groups is 1. The van der Waals surface area contributed by atoms with Crippen molar-refractivity contribution in [3.05, 3.63) is 52.1 Å². The number of benzene rings is 1. The molecule has 1 aromatic carbocycles. The fourth-order valence-electron chi connectivity index (χ4n) is 1.32. The number of H-pyrrole nitrogens is 2. The molecule has 0 bridgehead atoms. The molecule has 1 aromatic heterocycles. The van der Waals surface area contributed by atoms with Gasteiger partial charge < -0.3 is 9.84 Å². The molecule has 0 spiro atoms. The predicted octanol–water partition coefficient (Wildman–Crippen LogP) is 0.766. The standard InChI is InChI=1S/C11H10N2O4/c14-9-8(12-11(16)13-9)10(15)17-6-7-4-2-1-3-5-7/h1-5,14H,6H2,(H2,12,13,16). The van der Waals surface area contributed by atoms with Gasteiger partial charge >= 0.3 is 11.7 Å². The molecule has 0 amide bonds. The Kier molecular flexibility index (Phi) is 2.95. The highest BCUT2D eigenvalue weighted by atomic mass is 16.5. The summed E-state index contributed by atoms with van der Waals surface area (Å²) >= 11 is 0. The number of ether oxygens (including phenoxy) is 1. The number of imidazole rings is 1. The topological polar surface area (TPSA) is 95.2 Å². The Morgan fingerprint density at radius 2 is 1.94 bits per heavy atom. The van der Waals surface area contributed by atoms with Crippen LogP contribution >= 0.6 is 0 Å². The SMILES string of the molecule is O=C(OCc1ccccc1)c1[nH]c(=O)[nH]c1O. The summed E-state index contributed by atoms with van der Waals surface area (Å²) in [6, 6.07) is 9.08. The fourth-order valence-corrected chi connectivity index (χ4v) is 1.32. The zero-order valence-corrected chi connectivity index (χ0v) is 8.77. The first-order valence-corrected chi connectivity index (χ1v) is 4.89. The van der Waals surface area contributed by atoms with Crippen LogP contribution in [0.15, 0.2) is 35.1 Å². The maximum absolute atomic E-state index is 11.5. The van der Waals surface area contributed by atoms with Crippen LogP contribution in [0.3, 0.4) is 0 Å². The van der Waals surface area contributed by atoms with Gasteiger partial charge in [-0.15, -0.1) is 0 Å². The van der Waals surface area contributed by atoms with Crippen LogP contribution < -0.4 is 5.69 Å². The van der Waals surface area contributed by atoms with Crippen LogP contribution in [0.2, 0.25) is 0 Å². The highest BCUT2D eigenvalue weighted by molar-refractivity contribution is 5.89. The van der Waals surface area contributed by atoms with Gasteiger partial charge in [0.25, 0.3) is 0 Å². The largest absolute Gasteiger partial charge is 0.493 e. The normalized spacial score (nSPS) is 10.1. The van der Waals surface area contributed by atoms with E-state index in [1.165, 1.54) is 0 Å². The van der Waals surface area contributed by atoms with Crippen LogP contribution in [0.1, 0.15) is 16.1 Å². The van der Waals surface area contributed by atoms with Gasteiger partial charge in [-0.25, -0.2) is 9.59 Å². The molecule has 2 aromatic rings. The minimum atomic E-state index is -0.787. The van der Waals surface area contributed by atoms with Crippen LogP contribution in [-0.2, 0) is 11.3 Å². The molecule has 0 aliphatic rings. The second-order valence-electron chi connectivity index (χ2n) is 3.36. The molecular formula is C11H10N2O4. The minimum Gasteiger partial charge on any atom is -0.493 e. The molecule has 17 heavy (non-hydrogen) atoms. The lowest BCUT2D eigenvalue weighted by atomic mass is 10.2. The van der Waals surface area contributed by atoms with E-state index in [1.54, 1.807) is 12.1 Å². The lowest BCUT2D eigenvalue weighted by Gasteiger charge is -2.03. The van der Waals surface area contributed by atoms with Crippen molar-refractivity contribution in [2.45, 2.75) is 6.61 Å². The Balaban J connectivity index is 2.03. The number of carbonyl (C=O) groups excluding carboxylic acids is 1. The van der Waals surface area contributed by atoms with Crippen molar-refractivity contribution in [2.24, 2.45) is 0 Å². The van der Waals surface area contributed by atoms with Gasteiger partial charge in [-0.05, 0) is 5.56 Å².